The second-order valence-electron chi connectivity index (χ2n) is 8.79. The molecule has 3 rings (SSSR count). The number of amides is 3. The molecule has 0 aliphatic heterocycles. The average molecular weight is 527 g/mol. The fourth-order valence-corrected chi connectivity index (χ4v) is 4.35. The third-order valence-corrected chi connectivity index (χ3v) is 6.75. The van der Waals surface area contributed by atoms with Crippen molar-refractivity contribution in [1.82, 2.24) is 9.80 Å². The first-order valence-electron chi connectivity index (χ1n) is 12.3. The van der Waals surface area contributed by atoms with Crippen LogP contribution in [0.25, 0.3) is 0 Å². The van der Waals surface area contributed by atoms with E-state index in [-0.39, 0.29) is 24.4 Å². The molecule has 0 aliphatic rings. The van der Waals surface area contributed by atoms with Gasteiger partial charge in [-0.3, -0.25) is 4.79 Å². The number of hydrogen-bond acceptors (Lipinski definition) is 2. The summed E-state index contributed by atoms with van der Waals surface area (Å²) in [5.41, 5.74) is 2.75. The van der Waals surface area contributed by atoms with Gasteiger partial charge in [0, 0.05) is 37.1 Å². The molecule has 0 fully saturated rings. The van der Waals surface area contributed by atoms with Crippen molar-refractivity contribution in [3.63, 3.8) is 0 Å². The van der Waals surface area contributed by atoms with Gasteiger partial charge in [0.2, 0.25) is 5.91 Å². The molecule has 1 atom stereocenters. The lowest BCUT2D eigenvalue weighted by Gasteiger charge is -2.30. The summed E-state index contributed by atoms with van der Waals surface area (Å²) in [5.74, 6) is 0.0143. The monoisotopic (exact) mass is 525 g/mol. The van der Waals surface area contributed by atoms with E-state index in [4.69, 9.17) is 23.2 Å². The summed E-state index contributed by atoms with van der Waals surface area (Å²) >= 11 is 12.2. The zero-order valence-electron chi connectivity index (χ0n) is 20.8. The minimum atomic E-state index is -0.291. The summed E-state index contributed by atoms with van der Waals surface area (Å²) in [6, 6.07) is 24.7. The zero-order chi connectivity index (χ0) is 25.9. The molecule has 5 nitrogen and oxygen atoms in total. The van der Waals surface area contributed by atoms with Gasteiger partial charge in [-0.15, -0.1) is 0 Å². The van der Waals surface area contributed by atoms with Crippen LogP contribution in [0.2, 0.25) is 10.0 Å². The van der Waals surface area contributed by atoms with Crippen LogP contribution in [0, 0.1) is 0 Å². The molecule has 0 aromatic heterocycles. The fourth-order valence-electron chi connectivity index (χ4n) is 3.90. The number of nitrogens with one attached hydrogen (secondary N) is 1. The van der Waals surface area contributed by atoms with Gasteiger partial charge in [-0.05, 0) is 49.1 Å². The Morgan fingerprint density at radius 2 is 1.53 bits per heavy atom. The molecule has 3 amide bonds. The quantitative estimate of drug-likeness (QED) is 0.285. The molecule has 0 radical (unpaired) electrons. The molecule has 1 N–H and O–H groups in total. The molecule has 36 heavy (non-hydrogen) atoms. The van der Waals surface area contributed by atoms with Gasteiger partial charge < -0.3 is 15.1 Å². The van der Waals surface area contributed by atoms with Crippen molar-refractivity contribution in [2.75, 3.05) is 18.4 Å². The van der Waals surface area contributed by atoms with Gasteiger partial charge in [-0.2, -0.15) is 0 Å². The summed E-state index contributed by atoms with van der Waals surface area (Å²) < 4.78 is 0. The van der Waals surface area contributed by atoms with E-state index in [9.17, 15) is 9.59 Å². The molecule has 0 bridgehead atoms. The van der Waals surface area contributed by atoms with E-state index in [1.165, 1.54) is 5.56 Å². The minimum Gasteiger partial charge on any atom is -0.338 e. The summed E-state index contributed by atoms with van der Waals surface area (Å²) in [4.78, 5) is 30.1. The lowest BCUT2D eigenvalue weighted by atomic mass is 10.1. The smallest absolute Gasteiger partial charge is 0.322 e. The number of urea groups is 1. The maximum atomic E-state index is 13.4. The molecule has 0 heterocycles. The number of hydrogen-bond donors (Lipinski definition) is 1. The number of halogens is 2. The molecule has 7 heteroatoms. The molecule has 3 aromatic rings. The van der Waals surface area contributed by atoms with E-state index in [2.05, 4.69) is 17.4 Å². The number of carbonyl (C=O) groups excluding carboxylic acids is 2. The maximum Gasteiger partial charge on any atom is 0.322 e. The van der Waals surface area contributed by atoms with Gasteiger partial charge in [0.05, 0.1) is 10.7 Å². The van der Waals surface area contributed by atoms with Crippen molar-refractivity contribution in [1.29, 1.82) is 0 Å². The van der Waals surface area contributed by atoms with Crippen LogP contribution in [-0.2, 0) is 17.8 Å². The van der Waals surface area contributed by atoms with Crippen LogP contribution in [-0.4, -0.2) is 40.9 Å². The highest BCUT2D eigenvalue weighted by Crippen LogP contribution is 2.26. The van der Waals surface area contributed by atoms with E-state index < -0.39 is 0 Å². The van der Waals surface area contributed by atoms with Crippen LogP contribution in [0.5, 0.6) is 0 Å². The number of benzene rings is 3. The zero-order valence-corrected chi connectivity index (χ0v) is 22.3. The van der Waals surface area contributed by atoms with Gasteiger partial charge in [0.15, 0.2) is 0 Å². The Hall–Kier alpha value is -3.02. The van der Waals surface area contributed by atoms with Crippen LogP contribution in [0.1, 0.15) is 37.8 Å². The van der Waals surface area contributed by atoms with E-state index in [1.807, 2.05) is 67.3 Å². The number of anilines is 1. The molecule has 0 aliphatic carbocycles. The summed E-state index contributed by atoms with van der Waals surface area (Å²) in [5, 5.41) is 3.73. The first-order valence-corrected chi connectivity index (χ1v) is 13.0. The largest absolute Gasteiger partial charge is 0.338 e. The molecule has 1 unspecified atom stereocenters. The van der Waals surface area contributed by atoms with Crippen LogP contribution < -0.4 is 5.32 Å². The average Bonchev–Trinajstić information content (AvgIpc) is 2.89. The number of carbonyl (C=O) groups is 2. The van der Waals surface area contributed by atoms with Crippen LogP contribution in [0.15, 0.2) is 78.9 Å². The van der Waals surface area contributed by atoms with Crippen molar-refractivity contribution >= 4 is 40.8 Å². The minimum absolute atomic E-state index is 0.0143. The van der Waals surface area contributed by atoms with Crippen molar-refractivity contribution in [3.8, 4) is 0 Å². The molecule has 0 saturated carbocycles. The van der Waals surface area contributed by atoms with Crippen LogP contribution >= 0.6 is 23.2 Å². The second kappa shape index (κ2) is 13.9. The lowest BCUT2D eigenvalue weighted by Crippen LogP contribution is -2.44. The highest BCUT2D eigenvalue weighted by atomic mass is 35.5. The first-order chi connectivity index (χ1) is 17.4. The highest BCUT2D eigenvalue weighted by Gasteiger charge is 2.23. The van der Waals surface area contributed by atoms with Gasteiger partial charge in [0.1, 0.15) is 0 Å². The standard InChI is InChI=1S/C29H33Cl2N3O2/c1-3-22(2)34(29(36)32-27-15-14-25(30)20-26(27)31)19-17-28(35)33(21-24-12-8-5-9-13-24)18-16-23-10-6-4-7-11-23/h4-15,20,22H,3,16-19,21H2,1-2H3,(H,32,36). The Balaban J connectivity index is 1.68. The SMILES string of the molecule is CCC(C)N(CCC(=O)N(CCc1ccccc1)Cc1ccccc1)C(=O)Nc1ccc(Cl)cc1Cl. The summed E-state index contributed by atoms with van der Waals surface area (Å²) in [7, 11) is 0. The molecular weight excluding hydrogens is 493 g/mol. The maximum absolute atomic E-state index is 13.4. The molecule has 0 saturated heterocycles. The Morgan fingerprint density at radius 3 is 2.14 bits per heavy atom. The van der Waals surface area contributed by atoms with E-state index >= 15 is 0 Å². The van der Waals surface area contributed by atoms with Gasteiger partial charge in [-0.1, -0.05) is 90.8 Å². The lowest BCUT2D eigenvalue weighted by molar-refractivity contribution is -0.132. The Labute approximate surface area is 224 Å². The molecule has 190 valence electrons. The molecular formula is C29H33Cl2N3O2. The first kappa shape index (κ1) is 27.6. The van der Waals surface area contributed by atoms with Gasteiger partial charge in [0.25, 0.3) is 0 Å². The van der Waals surface area contributed by atoms with Crippen molar-refractivity contribution in [2.45, 2.75) is 45.7 Å². The highest BCUT2D eigenvalue weighted by molar-refractivity contribution is 6.36. The van der Waals surface area contributed by atoms with Crippen LogP contribution in [0.3, 0.4) is 0 Å². The number of rotatable bonds is 11. The van der Waals surface area contributed by atoms with Gasteiger partial charge in [-0.25, -0.2) is 4.79 Å². The topological polar surface area (TPSA) is 52.7 Å². The van der Waals surface area contributed by atoms with Crippen molar-refractivity contribution in [3.05, 3.63) is 100 Å². The fraction of sp³-hybridized carbons (Fsp3) is 0.310. The summed E-state index contributed by atoms with van der Waals surface area (Å²) in [6.45, 7) is 5.44. The van der Waals surface area contributed by atoms with Crippen molar-refractivity contribution < 1.29 is 9.59 Å². The number of nitrogens with zero attached hydrogens (tertiary/aromatic N) is 2. The predicted octanol–water partition coefficient (Wildman–Crippen LogP) is 7.29. The van der Waals surface area contributed by atoms with Crippen LogP contribution in [0.4, 0.5) is 10.5 Å². The van der Waals surface area contributed by atoms with E-state index in [0.29, 0.717) is 35.4 Å². The normalized spacial score (nSPS) is 11.6. The molecule has 0 spiro atoms. The van der Waals surface area contributed by atoms with Gasteiger partial charge >= 0.3 is 6.03 Å². The summed E-state index contributed by atoms with van der Waals surface area (Å²) in [6.07, 6.45) is 1.76. The Bertz CT molecular complexity index is 1130. The Morgan fingerprint density at radius 1 is 0.889 bits per heavy atom. The van der Waals surface area contributed by atoms with E-state index in [1.54, 1.807) is 23.1 Å². The van der Waals surface area contributed by atoms with Crippen molar-refractivity contribution in [2.24, 2.45) is 0 Å². The second-order valence-corrected chi connectivity index (χ2v) is 9.64. The Kier molecular flexibility index (Phi) is 10.6. The predicted molar refractivity (Wildman–Crippen MR) is 149 cm³/mol. The third-order valence-electron chi connectivity index (χ3n) is 6.21. The molecule has 3 aromatic carbocycles. The van der Waals surface area contributed by atoms with E-state index in [0.717, 1.165) is 18.4 Å². The third kappa shape index (κ3) is 8.28.